The SMILES string of the molecule is COCCN1C(=O)NC(c2ccc(Cl)cc2)C(c2nc(-c3cccc(OC)c3)no2)=C1C. The van der Waals surface area contributed by atoms with Gasteiger partial charge in [0.2, 0.25) is 5.82 Å². The van der Waals surface area contributed by atoms with E-state index in [-0.39, 0.29) is 6.03 Å². The Bertz CT molecular complexity index is 1140. The molecule has 4 rings (SSSR count). The monoisotopic (exact) mass is 454 g/mol. The molecule has 0 saturated heterocycles. The number of carbonyl (C=O) groups excluding carboxylic acids is 1. The molecule has 1 N–H and O–H groups in total. The first-order valence-corrected chi connectivity index (χ1v) is 10.4. The molecule has 32 heavy (non-hydrogen) atoms. The first-order chi connectivity index (χ1) is 15.5. The minimum Gasteiger partial charge on any atom is -0.497 e. The molecule has 1 aliphatic heterocycles. The highest BCUT2D eigenvalue weighted by molar-refractivity contribution is 6.30. The molecule has 2 aromatic carbocycles. The summed E-state index contributed by atoms with van der Waals surface area (Å²) in [7, 11) is 3.20. The maximum atomic E-state index is 12.9. The summed E-state index contributed by atoms with van der Waals surface area (Å²) in [5.74, 6) is 1.44. The minimum atomic E-state index is -0.475. The zero-order valence-electron chi connectivity index (χ0n) is 18.0. The number of allylic oxidation sites excluding steroid dienone is 1. The van der Waals surface area contributed by atoms with Gasteiger partial charge >= 0.3 is 6.03 Å². The summed E-state index contributed by atoms with van der Waals surface area (Å²) in [5, 5.41) is 7.82. The molecular weight excluding hydrogens is 432 g/mol. The maximum absolute atomic E-state index is 12.9. The van der Waals surface area contributed by atoms with Crippen molar-refractivity contribution in [3.05, 3.63) is 70.7 Å². The average molecular weight is 455 g/mol. The van der Waals surface area contributed by atoms with E-state index in [2.05, 4.69) is 15.5 Å². The van der Waals surface area contributed by atoms with Crippen LogP contribution in [0.5, 0.6) is 5.75 Å². The molecule has 1 unspecified atom stereocenters. The summed E-state index contributed by atoms with van der Waals surface area (Å²) >= 11 is 6.06. The standard InChI is InChI=1S/C23H23ClN4O4/c1-14-19(22-26-21(27-32-22)16-5-4-6-18(13-16)31-3)20(15-7-9-17(24)10-8-15)25-23(29)28(14)11-12-30-2/h4-10,13,20H,11-12H2,1-3H3,(H,25,29). The molecule has 3 aromatic rings. The third-order valence-electron chi connectivity index (χ3n) is 5.30. The molecule has 166 valence electrons. The summed E-state index contributed by atoms with van der Waals surface area (Å²) in [4.78, 5) is 19.1. The minimum absolute atomic E-state index is 0.226. The molecule has 1 aromatic heterocycles. The van der Waals surface area contributed by atoms with E-state index >= 15 is 0 Å². The molecule has 2 heterocycles. The van der Waals surface area contributed by atoms with Crippen LogP contribution in [0.25, 0.3) is 17.0 Å². The van der Waals surface area contributed by atoms with Crippen molar-refractivity contribution in [2.45, 2.75) is 13.0 Å². The number of nitrogens with zero attached hydrogens (tertiary/aromatic N) is 3. The van der Waals surface area contributed by atoms with Crippen LogP contribution in [-0.2, 0) is 4.74 Å². The maximum Gasteiger partial charge on any atom is 0.322 e. The van der Waals surface area contributed by atoms with E-state index in [1.54, 1.807) is 31.3 Å². The summed E-state index contributed by atoms with van der Waals surface area (Å²) < 4.78 is 16.1. The number of methoxy groups -OCH3 is 2. The van der Waals surface area contributed by atoms with Gasteiger partial charge in [0.05, 0.1) is 31.9 Å². The van der Waals surface area contributed by atoms with Crippen molar-refractivity contribution in [1.82, 2.24) is 20.4 Å². The molecule has 0 aliphatic carbocycles. The van der Waals surface area contributed by atoms with Crippen molar-refractivity contribution in [2.24, 2.45) is 0 Å². The molecule has 2 amide bonds. The van der Waals surface area contributed by atoms with Crippen molar-refractivity contribution in [3.8, 4) is 17.1 Å². The number of aromatic nitrogens is 2. The summed E-state index contributed by atoms with van der Waals surface area (Å²) in [6, 6.07) is 14.0. The van der Waals surface area contributed by atoms with E-state index in [0.717, 1.165) is 11.1 Å². The Morgan fingerprint density at radius 1 is 1.19 bits per heavy atom. The Balaban J connectivity index is 1.79. The quantitative estimate of drug-likeness (QED) is 0.563. The van der Waals surface area contributed by atoms with Crippen LogP contribution in [0.3, 0.4) is 0 Å². The first kappa shape index (κ1) is 21.9. The van der Waals surface area contributed by atoms with Gasteiger partial charge in [-0.15, -0.1) is 0 Å². The molecule has 1 aliphatic rings. The number of carbonyl (C=O) groups is 1. The van der Waals surface area contributed by atoms with Gasteiger partial charge in [-0.05, 0) is 36.8 Å². The molecule has 9 heteroatoms. The predicted molar refractivity (Wildman–Crippen MR) is 120 cm³/mol. The number of amides is 2. The van der Waals surface area contributed by atoms with Gasteiger partial charge in [-0.1, -0.05) is 41.0 Å². The normalized spacial score (nSPS) is 16.3. The number of hydrogen-bond donors (Lipinski definition) is 1. The number of halogens is 1. The lowest BCUT2D eigenvalue weighted by atomic mass is 9.94. The van der Waals surface area contributed by atoms with Crippen LogP contribution in [0.2, 0.25) is 5.02 Å². The van der Waals surface area contributed by atoms with Crippen LogP contribution in [0.1, 0.15) is 24.4 Å². The van der Waals surface area contributed by atoms with Gasteiger partial charge in [-0.25, -0.2) is 4.79 Å². The second kappa shape index (κ2) is 9.42. The van der Waals surface area contributed by atoms with Crippen LogP contribution in [0, 0.1) is 0 Å². The third kappa shape index (κ3) is 4.32. The van der Waals surface area contributed by atoms with Crippen LogP contribution >= 0.6 is 11.6 Å². The topological polar surface area (TPSA) is 89.7 Å². The number of rotatable bonds is 7. The van der Waals surface area contributed by atoms with Crippen molar-refractivity contribution in [2.75, 3.05) is 27.4 Å². The van der Waals surface area contributed by atoms with E-state index in [0.29, 0.717) is 46.9 Å². The molecule has 0 fully saturated rings. The van der Waals surface area contributed by atoms with Gasteiger partial charge in [-0.3, -0.25) is 4.90 Å². The van der Waals surface area contributed by atoms with E-state index in [1.165, 1.54) is 0 Å². The molecule has 0 radical (unpaired) electrons. The lowest BCUT2D eigenvalue weighted by Gasteiger charge is -2.35. The summed E-state index contributed by atoms with van der Waals surface area (Å²) in [5.41, 5.74) is 3.04. The molecule has 0 bridgehead atoms. The molecule has 0 saturated carbocycles. The number of benzene rings is 2. The van der Waals surface area contributed by atoms with Crippen LogP contribution in [0.4, 0.5) is 4.79 Å². The number of nitrogens with one attached hydrogen (secondary N) is 1. The Morgan fingerprint density at radius 3 is 2.69 bits per heavy atom. The molecule has 0 spiro atoms. The zero-order chi connectivity index (χ0) is 22.7. The average Bonchev–Trinajstić information content (AvgIpc) is 3.29. The fraction of sp³-hybridized carbons (Fsp3) is 0.261. The number of ether oxygens (including phenoxy) is 2. The fourth-order valence-electron chi connectivity index (χ4n) is 3.63. The molecular formula is C23H23ClN4O4. The lowest BCUT2D eigenvalue weighted by Crippen LogP contribution is -2.47. The molecule has 8 nitrogen and oxygen atoms in total. The number of urea groups is 1. The number of hydrogen-bond acceptors (Lipinski definition) is 6. The highest BCUT2D eigenvalue weighted by Gasteiger charge is 2.35. The summed E-state index contributed by atoms with van der Waals surface area (Å²) in [6.45, 7) is 2.65. The third-order valence-corrected chi connectivity index (χ3v) is 5.56. The van der Waals surface area contributed by atoms with Gasteiger partial charge in [0.15, 0.2) is 0 Å². The largest absolute Gasteiger partial charge is 0.497 e. The fourth-order valence-corrected chi connectivity index (χ4v) is 3.75. The van der Waals surface area contributed by atoms with E-state index < -0.39 is 6.04 Å². The first-order valence-electron chi connectivity index (χ1n) is 10.0. The van der Waals surface area contributed by atoms with Crippen LogP contribution < -0.4 is 10.1 Å². The van der Waals surface area contributed by atoms with E-state index in [4.69, 9.17) is 25.6 Å². The Kier molecular flexibility index (Phi) is 6.43. The second-order valence-corrected chi connectivity index (χ2v) is 7.67. The lowest BCUT2D eigenvalue weighted by molar-refractivity contribution is 0.158. The molecule has 1 atom stereocenters. The Morgan fingerprint density at radius 2 is 1.97 bits per heavy atom. The second-order valence-electron chi connectivity index (χ2n) is 7.23. The predicted octanol–water partition coefficient (Wildman–Crippen LogP) is 4.54. The van der Waals surface area contributed by atoms with Gasteiger partial charge in [0.25, 0.3) is 5.89 Å². The van der Waals surface area contributed by atoms with E-state index in [9.17, 15) is 4.79 Å². The highest BCUT2D eigenvalue weighted by atomic mass is 35.5. The van der Waals surface area contributed by atoms with Gasteiger partial charge in [0.1, 0.15) is 5.75 Å². The summed E-state index contributed by atoms with van der Waals surface area (Å²) in [6.07, 6.45) is 0. The van der Waals surface area contributed by atoms with Crippen molar-refractivity contribution >= 4 is 23.2 Å². The zero-order valence-corrected chi connectivity index (χ0v) is 18.7. The van der Waals surface area contributed by atoms with E-state index in [1.807, 2.05) is 43.3 Å². The Hall–Kier alpha value is -3.36. The van der Waals surface area contributed by atoms with Gasteiger partial charge < -0.3 is 19.3 Å². The van der Waals surface area contributed by atoms with Crippen LogP contribution in [-0.4, -0.2) is 48.4 Å². The highest BCUT2D eigenvalue weighted by Crippen LogP contribution is 2.37. The van der Waals surface area contributed by atoms with Crippen LogP contribution in [0.15, 0.2) is 58.8 Å². The van der Waals surface area contributed by atoms with Crippen molar-refractivity contribution in [3.63, 3.8) is 0 Å². The smallest absolute Gasteiger partial charge is 0.322 e. The van der Waals surface area contributed by atoms with Crippen molar-refractivity contribution < 1.29 is 18.8 Å². The van der Waals surface area contributed by atoms with Crippen molar-refractivity contribution in [1.29, 1.82) is 0 Å². The Labute approximate surface area is 190 Å². The van der Waals surface area contributed by atoms with Gasteiger partial charge in [-0.2, -0.15) is 4.98 Å². The van der Waals surface area contributed by atoms with Gasteiger partial charge in [0, 0.05) is 23.4 Å².